The van der Waals surface area contributed by atoms with Gasteiger partial charge in [0.1, 0.15) is 6.10 Å². The Morgan fingerprint density at radius 3 is 2.62 bits per heavy atom. The number of nitrogens with zero attached hydrogens (tertiary/aromatic N) is 1. The van der Waals surface area contributed by atoms with E-state index in [9.17, 15) is 4.79 Å². The van der Waals surface area contributed by atoms with Gasteiger partial charge in [-0.25, -0.2) is 5.06 Å². The van der Waals surface area contributed by atoms with Crippen molar-refractivity contribution in [2.24, 2.45) is 0 Å². The Bertz CT molecular complexity index is 393. The fraction of sp³-hybridized carbons (Fsp3) is 0.364. The summed E-state index contributed by atoms with van der Waals surface area (Å²) < 4.78 is 5.31. The fourth-order valence-electron chi connectivity index (χ4n) is 1.48. The zero-order valence-corrected chi connectivity index (χ0v) is 9.77. The highest BCUT2D eigenvalue weighted by Crippen LogP contribution is 2.39. The van der Waals surface area contributed by atoms with Gasteiger partial charge in [0, 0.05) is 12.1 Å². The van der Waals surface area contributed by atoms with Crippen LogP contribution in [0.15, 0.2) is 24.3 Å². The standard InChI is InChI=1S/C11H12ClNO3/c1-13(15-2)11(14)10-9(16-10)7-3-5-8(12)6-4-7/h3-6,9-10H,1-2H3/t9-,10+/m1/s1. The lowest BCUT2D eigenvalue weighted by Gasteiger charge is -2.11. The van der Waals surface area contributed by atoms with E-state index in [2.05, 4.69) is 0 Å². The van der Waals surface area contributed by atoms with Gasteiger partial charge in [-0.3, -0.25) is 9.63 Å². The Hall–Kier alpha value is -1.10. The van der Waals surface area contributed by atoms with Crippen molar-refractivity contribution >= 4 is 17.5 Å². The second kappa shape index (κ2) is 4.41. The van der Waals surface area contributed by atoms with E-state index in [0.717, 1.165) is 5.56 Å². The van der Waals surface area contributed by atoms with Crippen LogP contribution in [0, 0.1) is 0 Å². The summed E-state index contributed by atoms with van der Waals surface area (Å²) in [6, 6.07) is 7.26. The van der Waals surface area contributed by atoms with Crippen LogP contribution in [0.2, 0.25) is 5.02 Å². The Balaban J connectivity index is 2.01. The van der Waals surface area contributed by atoms with Gasteiger partial charge in [-0.2, -0.15) is 0 Å². The molecule has 0 N–H and O–H groups in total. The summed E-state index contributed by atoms with van der Waals surface area (Å²) in [6.07, 6.45) is -0.617. The summed E-state index contributed by atoms with van der Waals surface area (Å²) in [5.41, 5.74) is 0.951. The summed E-state index contributed by atoms with van der Waals surface area (Å²) >= 11 is 5.77. The molecule has 2 rings (SSSR count). The van der Waals surface area contributed by atoms with Crippen LogP contribution >= 0.6 is 11.6 Å². The van der Waals surface area contributed by atoms with Crippen molar-refractivity contribution in [1.29, 1.82) is 0 Å². The van der Waals surface area contributed by atoms with Crippen molar-refractivity contribution in [2.45, 2.75) is 12.2 Å². The van der Waals surface area contributed by atoms with Gasteiger partial charge in [0.05, 0.1) is 7.11 Å². The molecule has 1 aliphatic heterocycles. The molecule has 1 heterocycles. The first-order valence-electron chi connectivity index (χ1n) is 4.86. The van der Waals surface area contributed by atoms with E-state index in [1.807, 2.05) is 12.1 Å². The molecule has 1 aliphatic rings. The monoisotopic (exact) mass is 241 g/mol. The van der Waals surface area contributed by atoms with Gasteiger partial charge in [-0.05, 0) is 17.7 Å². The van der Waals surface area contributed by atoms with Crippen molar-refractivity contribution in [3.8, 4) is 0 Å². The molecule has 5 heteroatoms. The van der Waals surface area contributed by atoms with E-state index in [1.54, 1.807) is 19.2 Å². The number of carbonyl (C=O) groups excluding carboxylic acids is 1. The first-order valence-corrected chi connectivity index (χ1v) is 5.24. The minimum Gasteiger partial charge on any atom is -0.354 e. The minimum atomic E-state index is -0.439. The van der Waals surface area contributed by atoms with Crippen LogP contribution in [0.3, 0.4) is 0 Å². The number of ether oxygens (including phenoxy) is 1. The molecule has 0 spiro atoms. The lowest BCUT2D eigenvalue weighted by molar-refractivity contribution is -0.170. The third-order valence-electron chi connectivity index (χ3n) is 2.52. The molecule has 2 atom stereocenters. The molecule has 0 bridgehead atoms. The van der Waals surface area contributed by atoms with Crippen LogP contribution in [0.1, 0.15) is 11.7 Å². The fourth-order valence-corrected chi connectivity index (χ4v) is 1.60. The highest BCUT2D eigenvalue weighted by molar-refractivity contribution is 6.30. The zero-order valence-electron chi connectivity index (χ0n) is 9.01. The Morgan fingerprint density at radius 1 is 1.44 bits per heavy atom. The van der Waals surface area contributed by atoms with E-state index in [4.69, 9.17) is 21.2 Å². The number of amides is 1. The van der Waals surface area contributed by atoms with Crippen molar-refractivity contribution in [2.75, 3.05) is 14.2 Å². The highest BCUT2D eigenvalue weighted by Gasteiger charge is 2.47. The van der Waals surface area contributed by atoms with Crippen molar-refractivity contribution < 1.29 is 14.4 Å². The number of hydrogen-bond acceptors (Lipinski definition) is 3. The zero-order chi connectivity index (χ0) is 11.7. The van der Waals surface area contributed by atoms with Crippen LogP contribution < -0.4 is 0 Å². The molecule has 1 amide bonds. The van der Waals surface area contributed by atoms with Crippen LogP contribution in [-0.4, -0.2) is 31.2 Å². The first-order chi connectivity index (χ1) is 7.63. The van der Waals surface area contributed by atoms with Gasteiger partial charge in [-0.15, -0.1) is 0 Å². The number of rotatable bonds is 3. The highest BCUT2D eigenvalue weighted by atomic mass is 35.5. The number of halogens is 1. The van der Waals surface area contributed by atoms with Crippen molar-refractivity contribution in [3.05, 3.63) is 34.9 Å². The molecule has 1 aromatic rings. The lowest BCUT2D eigenvalue weighted by Crippen LogP contribution is -2.29. The Morgan fingerprint density at radius 2 is 2.06 bits per heavy atom. The SMILES string of the molecule is CON(C)C(=O)[C@H]1O[C@@H]1c1ccc(Cl)cc1. The van der Waals surface area contributed by atoms with E-state index in [1.165, 1.54) is 12.2 Å². The van der Waals surface area contributed by atoms with Crippen molar-refractivity contribution in [1.82, 2.24) is 5.06 Å². The summed E-state index contributed by atoms with van der Waals surface area (Å²) in [4.78, 5) is 16.4. The third kappa shape index (κ3) is 2.19. The van der Waals surface area contributed by atoms with E-state index < -0.39 is 6.10 Å². The Kier molecular flexibility index (Phi) is 3.14. The summed E-state index contributed by atoms with van der Waals surface area (Å²) in [7, 11) is 3.00. The molecule has 1 saturated heterocycles. The maximum Gasteiger partial charge on any atom is 0.278 e. The maximum absolute atomic E-state index is 11.6. The first kappa shape index (κ1) is 11.4. The average Bonchev–Trinajstić information content (AvgIpc) is 3.08. The number of carbonyl (C=O) groups is 1. The van der Waals surface area contributed by atoms with Gasteiger partial charge in [0.25, 0.3) is 5.91 Å². The number of likely N-dealkylation sites (N-methyl/N-ethyl adjacent to an activating group) is 1. The molecule has 0 unspecified atom stereocenters. The second-order valence-electron chi connectivity index (χ2n) is 3.55. The smallest absolute Gasteiger partial charge is 0.278 e. The van der Waals surface area contributed by atoms with Crippen LogP contribution in [-0.2, 0) is 14.4 Å². The molecule has 0 radical (unpaired) electrons. The van der Waals surface area contributed by atoms with E-state index >= 15 is 0 Å². The number of hydroxylamine groups is 2. The van der Waals surface area contributed by atoms with Gasteiger partial charge >= 0.3 is 0 Å². The third-order valence-corrected chi connectivity index (χ3v) is 2.77. The number of epoxide rings is 1. The maximum atomic E-state index is 11.6. The summed E-state index contributed by atoms with van der Waals surface area (Å²) in [6.45, 7) is 0. The molecular formula is C11H12ClNO3. The molecule has 1 fully saturated rings. The normalized spacial score (nSPS) is 22.9. The topological polar surface area (TPSA) is 42.1 Å². The van der Waals surface area contributed by atoms with Crippen LogP contribution in [0.25, 0.3) is 0 Å². The number of benzene rings is 1. The molecular weight excluding hydrogens is 230 g/mol. The summed E-state index contributed by atoms with van der Waals surface area (Å²) in [5.74, 6) is -0.178. The van der Waals surface area contributed by atoms with Crippen LogP contribution in [0.5, 0.6) is 0 Å². The van der Waals surface area contributed by atoms with Gasteiger partial charge in [-0.1, -0.05) is 23.7 Å². The van der Waals surface area contributed by atoms with Gasteiger partial charge in [0.2, 0.25) is 0 Å². The molecule has 16 heavy (non-hydrogen) atoms. The van der Waals surface area contributed by atoms with E-state index in [0.29, 0.717) is 5.02 Å². The molecule has 1 aromatic carbocycles. The quantitative estimate of drug-likeness (QED) is 0.599. The predicted molar refractivity (Wildman–Crippen MR) is 58.8 cm³/mol. The van der Waals surface area contributed by atoms with Crippen LogP contribution in [0.4, 0.5) is 0 Å². The molecule has 86 valence electrons. The predicted octanol–water partition coefficient (Wildman–Crippen LogP) is 1.80. The number of hydrogen-bond donors (Lipinski definition) is 0. The average molecular weight is 242 g/mol. The Labute approximate surface area is 98.7 Å². The molecule has 0 saturated carbocycles. The minimum absolute atomic E-state index is 0.178. The molecule has 0 aliphatic carbocycles. The van der Waals surface area contributed by atoms with E-state index in [-0.39, 0.29) is 12.0 Å². The molecule has 0 aromatic heterocycles. The second-order valence-corrected chi connectivity index (χ2v) is 3.98. The summed E-state index contributed by atoms with van der Waals surface area (Å²) in [5, 5.41) is 1.84. The molecule has 4 nitrogen and oxygen atoms in total. The van der Waals surface area contributed by atoms with Crippen molar-refractivity contribution in [3.63, 3.8) is 0 Å². The van der Waals surface area contributed by atoms with Gasteiger partial charge in [0.15, 0.2) is 6.10 Å². The lowest BCUT2D eigenvalue weighted by atomic mass is 10.1. The largest absolute Gasteiger partial charge is 0.354 e. The van der Waals surface area contributed by atoms with Gasteiger partial charge < -0.3 is 4.74 Å².